The molecule has 1 atom stereocenters. The summed E-state index contributed by atoms with van der Waals surface area (Å²) in [5, 5.41) is 2.83. The number of primary amides is 1. The fourth-order valence-electron chi connectivity index (χ4n) is 2.03. The fourth-order valence-corrected chi connectivity index (χ4v) is 2.03. The van der Waals surface area contributed by atoms with Gasteiger partial charge in [-0.25, -0.2) is 0 Å². The first-order chi connectivity index (χ1) is 8.66. The van der Waals surface area contributed by atoms with Gasteiger partial charge in [-0.3, -0.25) is 9.59 Å². The Balaban J connectivity index is 2.04. The predicted molar refractivity (Wildman–Crippen MR) is 70.1 cm³/mol. The molecule has 2 rings (SSSR count). The van der Waals surface area contributed by atoms with E-state index in [1.54, 1.807) is 24.3 Å². The first-order valence-corrected chi connectivity index (χ1v) is 6.02. The molecule has 1 aromatic carbocycles. The van der Waals surface area contributed by atoms with Crippen LogP contribution in [0.3, 0.4) is 0 Å². The van der Waals surface area contributed by atoms with Gasteiger partial charge in [0.2, 0.25) is 11.8 Å². The second-order valence-electron chi connectivity index (χ2n) is 4.42. The lowest BCUT2D eigenvalue weighted by Gasteiger charge is -2.17. The maximum absolute atomic E-state index is 12.0. The van der Waals surface area contributed by atoms with E-state index in [4.69, 9.17) is 5.73 Å². The molecule has 94 valence electrons. The Morgan fingerprint density at radius 1 is 1.28 bits per heavy atom. The van der Waals surface area contributed by atoms with Crippen LogP contribution in [0.2, 0.25) is 0 Å². The average molecular weight is 244 g/mol. The zero-order valence-corrected chi connectivity index (χ0v) is 10.1. The van der Waals surface area contributed by atoms with Crippen LogP contribution in [0.1, 0.15) is 29.6 Å². The van der Waals surface area contributed by atoms with Gasteiger partial charge in [-0.1, -0.05) is 18.2 Å². The van der Waals surface area contributed by atoms with E-state index in [1.165, 1.54) is 0 Å². The molecule has 1 aliphatic carbocycles. The van der Waals surface area contributed by atoms with E-state index in [9.17, 15) is 9.59 Å². The average Bonchev–Trinajstić information content (AvgIpc) is 2.40. The highest BCUT2D eigenvalue weighted by Crippen LogP contribution is 2.20. The van der Waals surface area contributed by atoms with Crippen molar-refractivity contribution in [2.45, 2.75) is 19.3 Å². The quantitative estimate of drug-likeness (QED) is 0.799. The normalized spacial score (nSPS) is 18.3. The highest BCUT2D eigenvalue weighted by Gasteiger charge is 2.18. The number of benzene rings is 1. The van der Waals surface area contributed by atoms with Gasteiger partial charge in [0.05, 0.1) is 0 Å². The highest BCUT2D eigenvalue weighted by molar-refractivity contribution is 5.96. The Bertz CT molecular complexity index is 494. The van der Waals surface area contributed by atoms with Gasteiger partial charge in [0, 0.05) is 17.2 Å². The lowest BCUT2D eigenvalue weighted by atomic mass is 9.93. The zero-order valence-electron chi connectivity index (χ0n) is 10.1. The van der Waals surface area contributed by atoms with Crippen LogP contribution in [-0.4, -0.2) is 11.8 Å². The van der Waals surface area contributed by atoms with Crippen LogP contribution in [0.5, 0.6) is 0 Å². The Morgan fingerprint density at radius 3 is 2.78 bits per heavy atom. The van der Waals surface area contributed by atoms with Gasteiger partial charge in [-0.15, -0.1) is 0 Å². The summed E-state index contributed by atoms with van der Waals surface area (Å²) in [6.45, 7) is 0. The summed E-state index contributed by atoms with van der Waals surface area (Å²) in [4.78, 5) is 23.0. The number of amides is 2. The molecule has 0 heterocycles. The second-order valence-corrected chi connectivity index (χ2v) is 4.42. The van der Waals surface area contributed by atoms with Crippen LogP contribution in [0.15, 0.2) is 36.4 Å². The van der Waals surface area contributed by atoms with Crippen LogP contribution in [0.25, 0.3) is 0 Å². The third kappa shape index (κ3) is 2.97. The molecule has 0 aromatic heterocycles. The molecule has 0 saturated heterocycles. The topological polar surface area (TPSA) is 72.2 Å². The molecular weight excluding hydrogens is 228 g/mol. The number of hydrogen-bond donors (Lipinski definition) is 2. The van der Waals surface area contributed by atoms with Gasteiger partial charge in [0.1, 0.15) is 0 Å². The monoisotopic (exact) mass is 244 g/mol. The number of hydrogen-bond acceptors (Lipinski definition) is 2. The summed E-state index contributed by atoms with van der Waals surface area (Å²) in [5.41, 5.74) is 6.21. The number of nitrogens with one attached hydrogen (secondary N) is 1. The molecule has 3 N–H and O–H groups in total. The van der Waals surface area contributed by atoms with Crippen LogP contribution >= 0.6 is 0 Å². The molecule has 4 nitrogen and oxygen atoms in total. The molecule has 4 heteroatoms. The first kappa shape index (κ1) is 12.4. The third-order valence-corrected chi connectivity index (χ3v) is 3.05. The minimum absolute atomic E-state index is 0.000899. The van der Waals surface area contributed by atoms with Crippen molar-refractivity contribution in [3.8, 4) is 0 Å². The van der Waals surface area contributed by atoms with Crippen molar-refractivity contribution >= 4 is 17.5 Å². The number of anilines is 1. The summed E-state index contributed by atoms with van der Waals surface area (Å²) in [6, 6.07) is 6.68. The van der Waals surface area contributed by atoms with E-state index in [-0.39, 0.29) is 11.8 Å². The largest absolute Gasteiger partial charge is 0.366 e. The van der Waals surface area contributed by atoms with Crippen molar-refractivity contribution in [3.63, 3.8) is 0 Å². The fraction of sp³-hybridized carbons (Fsp3) is 0.286. The van der Waals surface area contributed by atoms with Crippen molar-refractivity contribution in [1.29, 1.82) is 0 Å². The maximum atomic E-state index is 12.0. The third-order valence-electron chi connectivity index (χ3n) is 3.05. The Morgan fingerprint density at radius 2 is 2.11 bits per heavy atom. The molecule has 0 unspecified atom stereocenters. The van der Waals surface area contributed by atoms with Gasteiger partial charge < -0.3 is 11.1 Å². The van der Waals surface area contributed by atoms with Gasteiger partial charge in [0.25, 0.3) is 0 Å². The molecule has 18 heavy (non-hydrogen) atoms. The number of rotatable bonds is 3. The molecule has 0 aliphatic heterocycles. The van der Waals surface area contributed by atoms with E-state index >= 15 is 0 Å². The van der Waals surface area contributed by atoms with Gasteiger partial charge in [-0.2, -0.15) is 0 Å². The number of allylic oxidation sites excluding steroid dienone is 2. The standard InChI is InChI=1S/C14H16N2O2/c15-13(17)11-7-4-8-12(9-11)16-14(18)10-5-2-1-3-6-10/h1-2,4,7-10H,3,5-6H2,(H2,15,17)(H,16,18)/t10-/m0/s1. The number of carbonyl (C=O) groups excluding carboxylic acids is 2. The lowest BCUT2D eigenvalue weighted by Crippen LogP contribution is -2.23. The summed E-state index contributed by atoms with van der Waals surface area (Å²) in [6.07, 6.45) is 6.73. The van der Waals surface area contributed by atoms with E-state index in [0.717, 1.165) is 19.3 Å². The summed E-state index contributed by atoms with van der Waals surface area (Å²) in [5.74, 6) is -0.472. The van der Waals surface area contributed by atoms with Crippen LogP contribution in [-0.2, 0) is 4.79 Å². The minimum Gasteiger partial charge on any atom is -0.366 e. The van der Waals surface area contributed by atoms with Crippen molar-refractivity contribution in [3.05, 3.63) is 42.0 Å². The molecule has 2 amide bonds. The SMILES string of the molecule is NC(=O)c1cccc(NC(=O)[C@H]2CC=CCC2)c1. The van der Waals surface area contributed by atoms with Gasteiger partial charge >= 0.3 is 0 Å². The van der Waals surface area contributed by atoms with Crippen molar-refractivity contribution in [2.24, 2.45) is 11.7 Å². The molecule has 0 radical (unpaired) electrons. The molecule has 0 spiro atoms. The Hall–Kier alpha value is -2.10. The predicted octanol–water partition coefficient (Wildman–Crippen LogP) is 2.08. The lowest BCUT2D eigenvalue weighted by molar-refractivity contribution is -0.120. The number of carbonyl (C=O) groups is 2. The molecule has 0 saturated carbocycles. The van der Waals surface area contributed by atoms with Crippen molar-refractivity contribution in [2.75, 3.05) is 5.32 Å². The Labute approximate surface area is 106 Å². The van der Waals surface area contributed by atoms with Crippen LogP contribution < -0.4 is 11.1 Å². The molecule has 1 aromatic rings. The van der Waals surface area contributed by atoms with Crippen LogP contribution in [0, 0.1) is 5.92 Å². The molecule has 1 aliphatic rings. The molecule has 0 fully saturated rings. The second kappa shape index (κ2) is 5.49. The van der Waals surface area contributed by atoms with Gasteiger partial charge in [-0.05, 0) is 37.5 Å². The van der Waals surface area contributed by atoms with Crippen LogP contribution in [0.4, 0.5) is 5.69 Å². The highest BCUT2D eigenvalue weighted by atomic mass is 16.2. The summed E-state index contributed by atoms with van der Waals surface area (Å²) < 4.78 is 0. The van der Waals surface area contributed by atoms with E-state index < -0.39 is 5.91 Å². The van der Waals surface area contributed by atoms with Gasteiger partial charge in [0.15, 0.2) is 0 Å². The minimum atomic E-state index is -0.494. The maximum Gasteiger partial charge on any atom is 0.248 e. The first-order valence-electron chi connectivity index (χ1n) is 6.02. The van der Waals surface area contributed by atoms with E-state index in [2.05, 4.69) is 11.4 Å². The van der Waals surface area contributed by atoms with Crippen molar-refractivity contribution in [1.82, 2.24) is 0 Å². The van der Waals surface area contributed by atoms with Crippen molar-refractivity contribution < 1.29 is 9.59 Å². The number of nitrogens with two attached hydrogens (primary N) is 1. The molecule has 0 bridgehead atoms. The zero-order chi connectivity index (χ0) is 13.0. The molecular formula is C14H16N2O2. The smallest absolute Gasteiger partial charge is 0.248 e. The Kier molecular flexibility index (Phi) is 3.77. The summed E-state index contributed by atoms with van der Waals surface area (Å²) in [7, 11) is 0. The van der Waals surface area contributed by atoms with E-state index in [0.29, 0.717) is 11.3 Å². The van der Waals surface area contributed by atoms with E-state index in [1.807, 2.05) is 6.08 Å². The summed E-state index contributed by atoms with van der Waals surface area (Å²) >= 11 is 0.